The molecule has 0 unspecified atom stereocenters. The Labute approximate surface area is 142 Å². The van der Waals surface area contributed by atoms with Crippen LogP contribution in [0.2, 0.25) is 0 Å². The summed E-state index contributed by atoms with van der Waals surface area (Å²) in [7, 11) is 0. The number of nitrogens with one attached hydrogen (secondary N) is 1. The van der Waals surface area contributed by atoms with Crippen LogP contribution >= 0.6 is 34.4 Å². The molecule has 114 valence electrons. The van der Waals surface area contributed by atoms with Crippen LogP contribution in [-0.4, -0.2) is 15.2 Å². The minimum absolute atomic E-state index is 0.823. The van der Waals surface area contributed by atoms with Gasteiger partial charge in [-0.3, -0.25) is 0 Å². The van der Waals surface area contributed by atoms with Gasteiger partial charge in [-0.2, -0.15) is 0 Å². The van der Waals surface area contributed by atoms with E-state index in [1.54, 1.807) is 34.4 Å². The topological polar surface area (TPSA) is 50.7 Å². The van der Waals surface area contributed by atoms with Gasteiger partial charge in [-0.1, -0.05) is 40.8 Å². The predicted octanol–water partition coefficient (Wildman–Crippen LogP) is 4.96. The highest BCUT2D eigenvalue weighted by molar-refractivity contribution is 8.00. The minimum Gasteiger partial charge on any atom is -0.330 e. The molecule has 22 heavy (non-hydrogen) atoms. The van der Waals surface area contributed by atoms with Crippen molar-refractivity contribution in [2.45, 2.75) is 30.9 Å². The fourth-order valence-corrected chi connectivity index (χ4v) is 4.37. The van der Waals surface area contributed by atoms with Gasteiger partial charge in [-0.25, -0.2) is 4.98 Å². The summed E-state index contributed by atoms with van der Waals surface area (Å²) in [6, 6.07) is 6.33. The summed E-state index contributed by atoms with van der Waals surface area (Å²) in [5.74, 6) is 0.836. The Morgan fingerprint density at radius 1 is 1.18 bits per heavy atom. The maximum Gasteiger partial charge on any atom is 0.210 e. The molecule has 0 aliphatic rings. The van der Waals surface area contributed by atoms with Crippen molar-refractivity contribution >= 4 is 45.3 Å². The molecule has 1 N–H and O–H groups in total. The molecule has 0 fully saturated rings. The molecule has 2 aromatic heterocycles. The van der Waals surface area contributed by atoms with Crippen molar-refractivity contribution in [1.82, 2.24) is 15.2 Å². The summed E-state index contributed by atoms with van der Waals surface area (Å²) >= 11 is 4.93. The number of benzene rings is 1. The summed E-state index contributed by atoms with van der Waals surface area (Å²) in [5, 5.41) is 15.8. The number of hydrogen-bond donors (Lipinski definition) is 1. The van der Waals surface area contributed by atoms with E-state index in [-0.39, 0.29) is 0 Å². The standard InChI is InChI=1S/C15H16N4S3/c1-9-4-5-13(10(2)6-9)17-14-18-19-15(22-14)21-8-12-7-20-11(3)16-12/h4-7H,8H2,1-3H3,(H,17,18). The van der Waals surface area contributed by atoms with E-state index in [2.05, 4.69) is 57.9 Å². The Morgan fingerprint density at radius 2 is 2.05 bits per heavy atom. The average Bonchev–Trinajstić information content (AvgIpc) is 3.09. The van der Waals surface area contributed by atoms with Crippen LogP contribution in [0.3, 0.4) is 0 Å². The second-order valence-electron chi connectivity index (χ2n) is 4.96. The van der Waals surface area contributed by atoms with Crippen molar-refractivity contribution in [2.75, 3.05) is 5.32 Å². The zero-order chi connectivity index (χ0) is 15.5. The van der Waals surface area contributed by atoms with Crippen LogP contribution in [0.1, 0.15) is 21.8 Å². The summed E-state index contributed by atoms with van der Waals surface area (Å²) < 4.78 is 0.956. The summed E-state index contributed by atoms with van der Waals surface area (Å²) in [6.45, 7) is 6.21. The highest BCUT2D eigenvalue weighted by Crippen LogP contribution is 2.30. The van der Waals surface area contributed by atoms with Gasteiger partial charge in [-0.05, 0) is 32.4 Å². The van der Waals surface area contributed by atoms with Gasteiger partial charge in [0, 0.05) is 16.8 Å². The smallest absolute Gasteiger partial charge is 0.210 e. The zero-order valence-corrected chi connectivity index (χ0v) is 15.0. The Kier molecular flexibility index (Phi) is 4.75. The van der Waals surface area contributed by atoms with Crippen LogP contribution < -0.4 is 5.32 Å². The maximum atomic E-state index is 4.46. The number of nitrogens with zero attached hydrogens (tertiary/aromatic N) is 3. The van der Waals surface area contributed by atoms with Gasteiger partial charge in [0.1, 0.15) is 0 Å². The largest absolute Gasteiger partial charge is 0.330 e. The predicted molar refractivity (Wildman–Crippen MR) is 95.5 cm³/mol. The normalized spacial score (nSPS) is 10.9. The molecule has 0 saturated carbocycles. The third-order valence-corrected chi connectivity index (χ3v) is 5.87. The monoisotopic (exact) mass is 348 g/mol. The fraction of sp³-hybridized carbons (Fsp3) is 0.267. The molecule has 0 saturated heterocycles. The van der Waals surface area contributed by atoms with Crippen molar-refractivity contribution < 1.29 is 0 Å². The van der Waals surface area contributed by atoms with E-state index in [1.165, 1.54) is 11.1 Å². The second kappa shape index (κ2) is 6.76. The van der Waals surface area contributed by atoms with E-state index in [9.17, 15) is 0 Å². The first-order chi connectivity index (χ1) is 10.6. The summed E-state index contributed by atoms with van der Waals surface area (Å²) in [5.41, 5.74) is 4.65. The van der Waals surface area contributed by atoms with E-state index in [1.807, 2.05) is 6.92 Å². The first-order valence-corrected chi connectivity index (χ1v) is 9.50. The van der Waals surface area contributed by atoms with Gasteiger partial charge in [0.2, 0.25) is 5.13 Å². The molecular formula is C15H16N4S3. The Bertz CT molecular complexity index is 779. The highest BCUT2D eigenvalue weighted by atomic mass is 32.2. The van der Waals surface area contributed by atoms with Crippen LogP contribution in [0.25, 0.3) is 0 Å². The van der Waals surface area contributed by atoms with E-state index in [0.717, 1.165) is 31.6 Å². The molecule has 3 rings (SSSR count). The van der Waals surface area contributed by atoms with Crippen molar-refractivity contribution in [3.05, 3.63) is 45.4 Å². The van der Waals surface area contributed by atoms with Gasteiger partial charge in [0.25, 0.3) is 0 Å². The number of aromatic nitrogens is 3. The van der Waals surface area contributed by atoms with Crippen LogP contribution in [-0.2, 0) is 5.75 Å². The van der Waals surface area contributed by atoms with Crippen molar-refractivity contribution in [2.24, 2.45) is 0 Å². The molecular weight excluding hydrogens is 332 g/mol. The number of aryl methyl sites for hydroxylation is 3. The highest BCUT2D eigenvalue weighted by Gasteiger charge is 2.08. The van der Waals surface area contributed by atoms with Gasteiger partial charge < -0.3 is 5.32 Å². The van der Waals surface area contributed by atoms with Crippen LogP contribution in [0.4, 0.5) is 10.8 Å². The SMILES string of the molecule is Cc1ccc(Nc2nnc(SCc3csc(C)n3)s2)c(C)c1. The third kappa shape index (κ3) is 3.85. The van der Waals surface area contributed by atoms with Crippen LogP contribution in [0.15, 0.2) is 27.9 Å². The van der Waals surface area contributed by atoms with Crippen molar-refractivity contribution in [1.29, 1.82) is 0 Å². The van der Waals surface area contributed by atoms with Crippen molar-refractivity contribution in [3.63, 3.8) is 0 Å². The number of hydrogen-bond acceptors (Lipinski definition) is 7. The lowest BCUT2D eigenvalue weighted by atomic mass is 10.1. The lowest BCUT2D eigenvalue weighted by Gasteiger charge is -2.06. The fourth-order valence-electron chi connectivity index (χ4n) is 2.00. The molecule has 0 bridgehead atoms. The Morgan fingerprint density at radius 3 is 2.77 bits per heavy atom. The third-order valence-electron chi connectivity index (χ3n) is 3.04. The number of anilines is 2. The summed E-state index contributed by atoms with van der Waals surface area (Å²) in [4.78, 5) is 4.46. The number of thiazole rings is 1. The van der Waals surface area contributed by atoms with Gasteiger partial charge in [-0.15, -0.1) is 21.5 Å². The molecule has 7 heteroatoms. The maximum absolute atomic E-state index is 4.46. The van der Waals surface area contributed by atoms with E-state index >= 15 is 0 Å². The Balaban J connectivity index is 1.63. The molecule has 3 aromatic rings. The van der Waals surface area contributed by atoms with Crippen LogP contribution in [0.5, 0.6) is 0 Å². The first kappa shape index (κ1) is 15.5. The molecule has 4 nitrogen and oxygen atoms in total. The molecule has 1 aromatic carbocycles. The van der Waals surface area contributed by atoms with Gasteiger partial charge in [0.05, 0.1) is 10.7 Å². The number of rotatable bonds is 5. The lowest BCUT2D eigenvalue weighted by Crippen LogP contribution is -1.92. The van der Waals surface area contributed by atoms with Crippen molar-refractivity contribution in [3.8, 4) is 0 Å². The molecule has 0 spiro atoms. The van der Waals surface area contributed by atoms with E-state index in [0.29, 0.717) is 0 Å². The van der Waals surface area contributed by atoms with Gasteiger partial charge in [0.15, 0.2) is 4.34 Å². The molecule has 0 radical (unpaired) electrons. The lowest BCUT2D eigenvalue weighted by molar-refractivity contribution is 1.01. The number of thioether (sulfide) groups is 1. The van der Waals surface area contributed by atoms with E-state index < -0.39 is 0 Å². The second-order valence-corrected chi connectivity index (χ2v) is 8.23. The minimum atomic E-state index is 0.823. The molecule has 0 aliphatic carbocycles. The Hall–Kier alpha value is -1.44. The summed E-state index contributed by atoms with van der Waals surface area (Å²) in [6.07, 6.45) is 0. The molecule has 0 amide bonds. The molecule has 0 atom stereocenters. The molecule has 0 aliphatic heterocycles. The molecule has 2 heterocycles. The quantitative estimate of drug-likeness (QED) is 0.661. The van der Waals surface area contributed by atoms with Gasteiger partial charge >= 0.3 is 0 Å². The van der Waals surface area contributed by atoms with E-state index in [4.69, 9.17) is 0 Å². The zero-order valence-electron chi connectivity index (χ0n) is 12.6. The van der Waals surface area contributed by atoms with Crippen LogP contribution in [0, 0.1) is 20.8 Å². The first-order valence-electron chi connectivity index (χ1n) is 6.82. The average molecular weight is 349 g/mol.